The fourth-order valence-electron chi connectivity index (χ4n) is 1.53. The molecule has 0 aromatic heterocycles. The van der Waals surface area contributed by atoms with Crippen molar-refractivity contribution in [2.24, 2.45) is 0 Å². The lowest BCUT2D eigenvalue weighted by atomic mass is 10.0. The van der Waals surface area contributed by atoms with Crippen molar-refractivity contribution in [2.45, 2.75) is 32.5 Å². The lowest BCUT2D eigenvalue weighted by molar-refractivity contribution is -0.0148. The summed E-state index contributed by atoms with van der Waals surface area (Å²) >= 11 is 6.00. The van der Waals surface area contributed by atoms with Crippen LogP contribution in [-0.4, -0.2) is 18.3 Å². The minimum atomic E-state index is -0.613. The predicted molar refractivity (Wildman–Crippen MR) is 62.2 cm³/mol. The van der Waals surface area contributed by atoms with Crippen molar-refractivity contribution in [1.29, 1.82) is 0 Å². The molecule has 2 atom stereocenters. The maximum absolute atomic E-state index is 10.0. The molecule has 2 unspecified atom stereocenters. The van der Waals surface area contributed by atoms with Gasteiger partial charge in [-0.1, -0.05) is 30.7 Å². The van der Waals surface area contributed by atoms with E-state index in [9.17, 15) is 5.11 Å². The van der Waals surface area contributed by atoms with Gasteiger partial charge < -0.3 is 9.84 Å². The summed E-state index contributed by atoms with van der Waals surface area (Å²) in [5.41, 5.74) is 1.82. The van der Waals surface area contributed by atoms with Crippen LogP contribution in [0.4, 0.5) is 0 Å². The first-order valence-corrected chi connectivity index (χ1v) is 5.44. The smallest absolute Gasteiger partial charge is 0.105 e. The van der Waals surface area contributed by atoms with Gasteiger partial charge in [0.1, 0.15) is 6.10 Å². The highest BCUT2D eigenvalue weighted by Gasteiger charge is 2.18. The standard InChI is InChI=1S/C12H17ClO2/c1-4-11(15-3)12(14)9-6-5-8(2)10(13)7-9/h5-7,11-12,14H,4H2,1-3H3. The van der Waals surface area contributed by atoms with Gasteiger partial charge in [-0.05, 0) is 30.5 Å². The molecule has 1 aromatic carbocycles. The maximum atomic E-state index is 10.0. The third-order valence-corrected chi connectivity index (χ3v) is 3.00. The number of aliphatic hydroxyl groups excluding tert-OH is 1. The molecule has 1 rings (SSSR count). The molecule has 1 aromatic rings. The normalized spacial score (nSPS) is 15.0. The maximum Gasteiger partial charge on any atom is 0.105 e. The number of aryl methyl sites for hydroxylation is 1. The van der Waals surface area contributed by atoms with Crippen LogP contribution >= 0.6 is 11.6 Å². The van der Waals surface area contributed by atoms with E-state index in [-0.39, 0.29) is 6.10 Å². The molecular weight excluding hydrogens is 212 g/mol. The van der Waals surface area contributed by atoms with E-state index in [2.05, 4.69) is 0 Å². The SMILES string of the molecule is CCC(OC)C(O)c1ccc(C)c(Cl)c1. The van der Waals surface area contributed by atoms with E-state index in [1.165, 1.54) is 0 Å². The Bertz CT molecular complexity index is 321. The van der Waals surface area contributed by atoms with Crippen molar-refractivity contribution >= 4 is 11.6 Å². The van der Waals surface area contributed by atoms with Crippen LogP contribution < -0.4 is 0 Å². The summed E-state index contributed by atoms with van der Waals surface area (Å²) in [5, 5.41) is 10.7. The molecule has 0 aliphatic heterocycles. The summed E-state index contributed by atoms with van der Waals surface area (Å²) in [4.78, 5) is 0. The molecule has 1 N–H and O–H groups in total. The van der Waals surface area contributed by atoms with E-state index in [4.69, 9.17) is 16.3 Å². The quantitative estimate of drug-likeness (QED) is 0.858. The molecule has 0 aliphatic carbocycles. The van der Waals surface area contributed by atoms with Gasteiger partial charge in [0.2, 0.25) is 0 Å². The van der Waals surface area contributed by atoms with E-state index in [0.717, 1.165) is 17.5 Å². The van der Waals surface area contributed by atoms with Crippen LogP contribution in [0.15, 0.2) is 18.2 Å². The Morgan fingerprint density at radius 3 is 2.60 bits per heavy atom. The highest BCUT2D eigenvalue weighted by molar-refractivity contribution is 6.31. The molecule has 0 fully saturated rings. The van der Waals surface area contributed by atoms with Crippen molar-refractivity contribution in [3.05, 3.63) is 34.3 Å². The number of hydrogen-bond donors (Lipinski definition) is 1. The molecule has 0 heterocycles. The lowest BCUT2D eigenvalue weighted by Gasteiger charge is -2.20. The van der Waals surface area contributed by atoms with Crippen molar-refractivity contribution < 1.29 is 9.84 Å². The Kier molecular flexibility index (Phi) is 4.58. The van der Waals surface area contributed by atoms with Crippen LogP contribution in [0.2, 0.25) is 5.02 Å². The monoisotopic (exact) mass is 228 g/mol. The number of rotatable bonds is 4. The zero-order chi connectivity index (χ0) is 11.4. The first-order valence-electron chi connectivity index (χ1n) is 5.07. The van der Waals surface area contributed by atoms with Crippen LogP contribution in [0.1, 0.15) is 30.6 Å². The van der Waals surface area contributed by atoms with Gasteiger partial charge in [-0.3, -0.25) is 0 Å². The molecule has 2 nitrogen and oxygen atoms in total. The molecule has 0 spiro atoms. The lowest BCUT2D eigenvalue weighted by Crippen LogP contribution is -2.19. The Morgan fingerprint density at radius 1 is 1.47 bits per heavy atom. The van der Waals surface area contributed by atoms with Crippen molar-refractivity contribution in [3.8, 4) is 0 Å². The van der Waals surface area contributed by atoms with E-state index < -0.39 is 6.10 Å². The van der Waals surface area contributed by atoms with Gasteiger partial charge >= 0.3 is 0 Å². The molecule has 0 amide bonds. The van der Waals surface area contributed by atoms with Gasteiger partial charge in [0, 0.05) is 12.1 Å². The summed E-state index contributed by atoms with van der Waals surface area (Å²) in [6.07, 6.45) is -0.0229. The molecule has 84 valence electrons. The van der Waals surface area contributed by atoms with Crippen molar-refractivity contribution in [1.82, 2.24) is 0 Å². The largest absolute Gasteiger partial charge is 0.386 e. The number of ether oxygens (including phenoxy) is 1. The van der Waals surface area contributed by atoms with E-state index in [1.807, 2.05) is 26.0 Å². The fourth-order valence-corrected chi connectivity index (χ4v) is 1.72. The molecule has 0 saturated carbocycles. The summed E-state index contributed by atoms with van der Waals surface area (Å²) in [7, 11) is 1.60. The minimum Gasteiger partial charge on any atom is -0.386 e. The molecule has 0 aliphatic rings. The predicted octanol–water partition coefficient (Wildman–Crippen LogP) is 3.11. The molecule has 0 bridgehead atoms. The van der Waals surface area contributed by atoms with E-state index in [0.29, 0.717) is 5.02 Å². The first kappa shape index (κ1) is 12.5. The van der Waals surface area contributed by atoms with Gasteiger partial charge in [-0.2, -0.15) is 0 Å². The van der Waals surface area contributed by atoms with Crippen LogP contribution in [0.25, 0.3) is 0 Å². The van der Waals surface area contributed by atoms with Gasteiger partial charge in [-0.15, -0.1) is 0 Å². The Hall–Kier alpha value is -0.570. The molecular formula is C12H17ClO2. The second-order valence-corrected chi connectivity index (χ2v) is 4.04. The Balaban J connectivity index is 2.90. The highest BCUT2D eigenvalue weighted by atomic mass is 35.5. The molecule has 0 saturated heterocycles. The van der Waals surface area contributed by atoms with Crippen LogP contribution in [0, 0.1) is 6.92 Å². The molecule has 15 heavy (non-hydrogen) atoms. The molecule has 3 heteroatoms. The number of methoxy groups -OCH3 is 1. The fraction of sp³-hybridized carbons (Fsp3) is 0.500. The second-order valence-electron chi connectivity index (χ2n) is 3.64. The second kappa shape index (κ2) is 5.50. The number of hydrogen-bond acceptors (Lipinski definition) is 2. The van der Waals surface area contributed by atoms with Crippen molar-refractivity contribution in [2.75, 3.05) is 7.11 Å². The third-order valence-electron chi connectivity index (χ3n) is 2.59. The van der Waals surface area contributed by atoms with Crippen LogP contribution in [-0.2, 0) is 4.74 Å². The van der Waals surface area contributed by atoms with E-state index in [1.54, 1.807) is 13.2 Å². The highest BCUT2D eigenvalue weighted by Crippen LogP contribution is 2.25. The summed E-state index contributed by atoms with van der Waals surface area (Å²) in [6, 6.07) is 5.58. The zero-order valence-electron chi connectivity index (χ0n) is 9.33. The Morgan fingerprint density at radius 2 is 2.13 bits per heavy atom. The average Bonchev–Trinajstić information content (AvgIpc) is 2.23. The van der Waals surface area contributed by atoms with Crippen molar-refractivity contribution in [3.63, 3.8) is 0 Å². The number of benzene rings is 1. The van der Waals surface area contributed by atoms with Crippen LogP contribution in [0.5, 0.6) is 0 Å². The summed E-state index contributed by atoms with van der Waals surface area (Å²) < 4.78 is 5.19. The van der Waals surface area contributed by atoms with Gasteiger partial charge in [0.05, 0.1) is 6.10 Å². The average molecular weight is 229 g/mol. The Labute approximate surface area is 95.8 Å². The van der Waals surface area contributed by atoms with Crippen LogP contribution in [0.3, 0.4) is 0 Å². The summed E-state index contributed by atoms with van der Waals surface area (Å²) in [5.74, 6) is 0. The topological polar surface area (TPSA) is 29.5 Å². The zero-order valence-corrected chi connectivity index (χ0v) is 10.1. The van der Waals surface area contributed by atoms with E-state index >= 15 is 0 Å². The minimum absolute atomic E-state index is 0.177. The third kappa shape index (κ3) is 2.94. The van der Waals surface area contributed by atoms with Gasteiger partial charge in [0.15, 0.2) is 0 Å². The molecule has 0 radical (unpaired) electrons. The van der Waals surface area contributed by atoms with Gasteiger partial charge in [-0.25, -0.2) is 0 Å². The number of halogens is 1. The summed E-state index contributed by atoms with van der Waals surface area (Å²) in [6.45, 7) is 3.92. The first-order chi connectivity index (χ1) is 7.10. The van der Waals surface area contributed by atoms with Gasteiger partial charge in [0.25, 0.3) is 0 Å². The number of aliphatic hydroxyl groups is 1.